The number of hydrogen-bond donors (Lipinski definition) is 0. The number of fused-ring (bicyclic) bond motifs is 1. The number of carbonyl (C=O) groups excluding carboxylic acids is 1. The van der Waals surface area contributed by atoms with Gasteiger partial charge in [-0.3, -0.25) is 4.79 Å². The first-order valence-electron chi connectivity index (χ1n) is 9.94. The summed E-state index contributed by atoms with van der Waals surface area (Å²) in [5.74, 6) is 0.731. The van der Waals surface area contributed by atoms with E-state index in [9.17, 15) is 18.0 Å². The van der Waals surface area contributed by atoms with Gasteiger partial charge in [-0.15, -0.1) is 13.2 Å². The fourth-order valence-electron chi connectivity index (χ4n) is 3.55. The first kappa shape index (κ1) is 22.8. The number of amides is 1. The van der Waals surface area contributed by atoms with Gasteiger partial charge in [0.2, 0.25) is 0 Å². The van der Waals surface area contributed by atoms with Gasteiger partial charge in [-0.25, -0.2) is 0 Å². The van der Waals surface area contributed by atoms with Gasteiger partial charge in [0.1, 0.15) is 23.9 Å². The van der Waals surface area contributed by atoms with Crippen LogP contribution in [-0.2, 0) is 19.7 Å². The van der Waals surface area contributed by atoms with E-state index in [1.54, 1.807) is 24.1 Å². The van der Waals surface area contributed by atoms with E-state index in [4.69, 9.17) is 21.1 Å². The fourth-order valence-corrected chi connectivity index (χ4v) is 3.86. The third-order valence-electron chi connectivity index (χ3n) is 5.10. The molecule has 0 unspecified atom stereocenters. The van der Waals surface area contributed by atoms with E-state index in [0.717, 1.165) is 16.9 Å². The van der Waals surface area contributed by atoms with Crippen LogP contribution in [0.4, 0.5) is 13.2 Å². The summed E-state index contributed by atoms with van der Waals surface area (Å²) in [6, 6.07) is 16.3. The van der Waals surface area contributed by atoms with Crippen molar-refractivity contribution in [2.45, 2.75) is 26.1 Å². The Morgan fingerprint density at radius 2 is 1.58 bits per heavy atom. The highest BCUT2D eigenvalue weighted by atomic mass is 35.5. The van der Waals surface area contributed by atoms with Crippen molar-refractivity contribution in [3.8, 4) is 17.2 Å². The number of hydrogen-bond acceptors (Lipinski definition) is 4. The van der Waals surface area contributed by atoms with Crippen LogP contribution in [0, 0.1) is 0 Å². The molecular weight excluding hydrogens is 459 g/mol. The maximum absolute atomic E-state index is 12.8. The summed E-state index contributed by atoms with van der Waals surface area (Å²) in [5.41, 5.74) is 2.75. The highest BCUT2D eigenvalue weighted by molar-refractivity contribution is 6.34. The Balaban J connectivity index is 1.42. The zero-order chi connectivity index (χ0) is 23.6. The molecule has 0 aromatic heterocycles. The molecule has 33 heavy (non-hydrogen) atoms. The van der Waals surface area contributed by atoms with E-state index in [0.29, 0.717) is 35.1 Å². The number of alkyl halides is 3. The van der Waals surface area contributed by atoms with Crippen LogP contribution in [0.2, 0.25) is 5.02 Å². The summed E-state index contributed by atoms with van der Waals surface area (Å²) >= 11 is 6.37. The lowest BCUT2D eigenvalue weighted by molar-refractivity contribution is -0.274. The van der Waals surface area contributed by atoms with Gasteiger partial charge in [-0.1, -0.05) is 35.9 Å². The molecule has 1 aliphatic rings. The standard InChI is InChI=1S/C24H19ClF3NO4/c1-31-18-6-4-16(5-7-18)14-32-20-10-17-13-29(23(30)22(17)21(25)11-20)12-15-2-8-19(9-3-15)33-24(26,27)28/h2-11H,12-14H2,1H3. The van der Waals surface area contributed by atoms with Gasteiger partial charge < -0.3 is 19.1 Å². The summed E-state index contributed by atoms with van der Waals surface area (Å²) in [4.78, 5) is 14.4. The number of ether oxygens (including phenoxy) is 3. The third-order valence-corrected chi connectivity index (χ3v) is 5.40. The number of nitrogens with zero attached hydrogens (tertiary/aromatic N) is 1. The lowest BCUT2D eigenvalue weighted by atomic mass is 10.1. The molecule has 0 fully saturated rings. The van der Waals surface area contributed by atoms with Gasteiger partial charge in [0.25, 0.3) is 5.91 Å². The van der Waals surface area contributed by atoms with Crippen LogP contribution < -0.4 is 14.2 Å². The van der Waals surface area contributed by atoms with E-state index in [-0.39, 0.29) is 18.2 Å². The van der Waals surface area contributed by atoms with Crippen molar-refractivity contribution in [3.63, 3.8) is 0 Å². The quantitative estimate of drug-likeness (QED) is 0.420. The highest BCUT2D eigenvalue weighted by Crippen LogP contribution is 2.34. The lowest BCUT2D eigenvalue weighted by Gasteiger charge is -2.16. The fraction of sp³-hybridized carbons (Fsp3) is 0.208. The Bertz CT molecular complexity index is 1150. The molecule has 0 N–H and O–H groups in total. The molecule has 0 spiro atoms. The summed E-state index contributed by atoms with van der Waals surface area (Å²) < 4.78 is 51.8. The maximum atomic E-state index is 12.8. The van der Waals surface area contributed by atoms with E-state index < -0.39 is 6.36 Å². The zero-order valence-electron chi connectivity index (χ0n) is 17.5. The SMILES string of the molecule is COc1ccc(COc2cc(Cl)c3c(c2)CN(Cc2ccc(OC(F)(F)F)cc2)C3=O)cc1. The number of benzene rings is 3. The molecule has 0 bridgehead atoms. The van der Waals surface area contributed by atoms with Crippen molar-refractivity contribution in [2.24, 2.45) is 0 Å². The topological polar surface area (TPSA) is 48.0 Å². The smallest absolute Gasteiger partial charge is 0.497 e. The van der Waals surface area contributed by atoms with Gasteiger partial charge in [0.15, 0.2) is 0 Å². The Hall–Kier alpha value is -3.39. The lowest BCUT2D eigenvalue weighted by Crippen LogP contribution is -2.23. The van der Waals surface area contributed by atoms with E-state index in [1.165, 1.54) is 24.3 Å². The molecule has 172 valence electrons. The van der Waals surface area contributed by atoms with Crippen LogP contribution in [0.25, 0.3) is 0 Å². The van der Waals surface area contributed by atoms with E-state index >= 15 is 0 Å². The molecule has 1 aliphatic heterocycles. The summed E-state index contributed by atoms with van der Waals surface area (Å²) in [6.07, 6.45) is -4.75. The Labute approximate surface area is 193 Å². The van der Waals surface area contributed by atoms with Crippen LogP contribution in [0.1, 0.15) is 27.0 Å². The number of methoxy groups -OCH3 is 1. The third kappa shape index (κ3) is 5.51. The normalized spacial score (nSPS) is 13.1. The summed E-state index contributed by atoms with van der Waals surface area (Å²) in [5, 5.41) is 0.290. The van der Waals surface area contributed by atoms with E-state index in [1.807, 2.05) is 24.3 Å². The molecule has 1 amide bonds. The molecule has 4 rings (SSSR count). The molecule has 0 aliphatic carbocycles. The molecule has 3 aromatic carbocycles. The molecule has 0 radical (unpaired) electrons. The second-order valence-corrected chi connectivity index (χ2v) is 7.84. The number of rotatable bonds is 7. The van der Waals surface area contributed by atoms with Crippen molar-refractivity contribution in [3.05, 3.63) is 87.9 Å². The monoisotopic (exact) mass is 477 g/mol. The van der Waals surface area contributed by atoms with Gasteiger partial charge in [0, 0.05) is 13.1 Å². The van der Waals surface area contributed by atoms with Crippen LogP contribution >= 0.6 is 11.6 Å². The van der Waals surface area contributed by atoms with Crippen molar-refractivity contribution < 1.29 is 32.2 Å². The minimum atomic E-state index is -4.75. The molecule has 3 aromatic rings. The highest BCUT2D eigenvalue weighted by Gasteiger charge is 2.32. The predicted octanol–water partition coefficient (Wildman–Crippen LogP) is 5.98. The Kier molecular flexibility index (Phi) is 6.37. The number of carbonyl (C=O) groups is 1. The molecule has 0 saturated heterocycles. The molecule has 9 heteroatoms. The first-order chi connectivity index (χ1) is 15.7. The largest absolute Gasteiger partial charge is 0.573 e. The molecular formula is C24H19ClF3NO4. The molecule has 1 heterocycles. The Morgan fingerprint density at radius 1 is 0.939 bits per heavy atom. The minimum Gasteiger partial charge on any atom is -0.497 e. The average molecular weight is 478 g/mol. The van der Waals surface area contributed by atoms with Crippen molar-refractivity contribution in [1.29, 1.82) is 0 Å². The van der Waals surface area contributed by atoms with Crippen molar-refractivity contribution in [2.75, 3.05) is 7.11 Å². The van der Waals surface area contributed by atoms with Crippen molar-refractivity contribution >= 4 is 17.5 Å². The van der Waals surface area contributed by atoms with Gasteiger partial charge in [0.05, 0.1) is 17.7 Å². The maximum Gasteiger partial charge on any atom is 0.573 e. The van der Waals surface area contributed by atoms with Crippen LogP contribution in [0.5, 0.6) is 17.2 Å². The molecule has 0 saturated carbocycles. The zero-order valence-corrected chi connectivity index (χ0v) is 18.2. The summed E-state index contributed by atoms with van der Waals surface area (Å²) in [7, 11) is 1.60. The molecule has 5 nitrogen and oxygen atoms in total. The van der Waals surface area contributed by atoms with Gasteiger partial charge in [-0.05, 0) is 53.1 Å². The average Bonchev–Trinajstić information content (AvgIpc) is 3.08. The second kappa shape index (κ2) is 9.23. The minimum absolute atomic E-state index is 0.220. The van der Waals surface area contributed by atoms with Crippen molar-refractivity contribution in [1.82, 2.24) is 4.90 Å². The van der Waals surface area contributed by atoms with Crippen LogP contribution in [0.15, 0.2) is 60.7 Å². The second-order valence-electron chi connectivity index (χ2n) is 7.43. The van der Waals surface area contributed by atoms with E-state index in [2.05, 4.69) is 4.74 Å². The van der Waals surface area contributed by atoms with Crippen LogP contribution in [-0.4, -0.2) is 24.3 Å². The van der Waals surface area contributed by atoms with Gasteiger partial charge in [-0.2, -0.15) is 0 Å². The molecule has 0 atom stereocenters. The Morgan fingerprint density at radius 3 is 2.21 bits per heavy atom. The summed E-state index contributed by atoms with van der Waals surface area (Å²) in [6.45, 7) is 0.857. The van der Waals surface area contributed by atoms with Gasteiger partial charge >= 0.3 is 6.36 Å². The number of halogens is 4. The van der Waals surface area contributed by atoms with Crippen LogP contribution in [0.3, 0.4) is 0 Å². The predicted molar refractivity (Wildman–Crippen MR) is 115 cm³/mol. The first-order valence-corrected chi connectivity index (χ1v) is 10.3.